The van der Waals surface area contributed by atoms with Gasteiger partial charge in [-0.3, -0.25) is 5.32 Å². The number of hydrogen-bond donors (Lipinski definition) is 2. The summed E-state index contributed by atoms with van der Waals surface area (Å²) in [7, 11) is -3.30. The molecular formula is C23H19F2N3O5S. The molecule has 2 aliphatic rings. The molecular weight excluding hydrogens is 468 g/mol. The molecule has 1 fully saturated rings. The predicted octanol–water partition coefficient (Wildman–Crippen LogP) is 3.85. The summed E-state index contributed by atoms with van der Waals surface area (Å²) in [5.41, 5.74) is 0.158. The lowest BCUT2D eigenvalue weighted by molar-refractivity contribution is 0.247. The van der Waals surface area contributed by atoms with Crippen molar-refractivity contribution >= 4 is 21.7 Å². The van der Waals surface area contributed by atoms with Gasteiger partial charge in [-0.05, 0) is 48.5 Å². The fourth-order valence-corrected chi connectivity index (χ4v) is 4.70. The summed E-state index contributed by atoms with van der Waals surface area (Å²) in [6, 6.07) is 10.2. The minimum atomic E-state index is -3.30. The van der Waals surface area contributed by atoms with Crippen LogP contribution < -0.4 is 20.1 Å². The summed E-state index contributed by atoms with van der Waals surface area (Å²) >= 11 is 0. The molecule has 0 bridgehead atoms. The maximum atomic E-state index is 14.2. The van der Waals surface area contributed by atoms with Gasteiger partial charge in [-0.2, -0.15) is 0 Å². The average molecular weight is 487 g/mol. The molecule has 3 aromatic rings. The van der Waals surface area contributed by atoms with Gasteiger partial charge in [-0.25, -0.2) is 27.0 Å². The second kappa shape index (κ2) is 8.24. The topological polar surface area (TPSA) is 107 Å². The van der Waals surface area contributed by atoms with E-state index in [-0.39, 0.29) is 46.5 Å². The lowest BCUT2D eigenvalue weighted by Gasteiger charge is -2.16. The molecule has 1 saturated carbocycles. The zero-order valence-electron chi connectivity index (χ0n) is 17.8. The number of benzene rings is 2. The molecule has 0 spiro atoms. The number of aromatic nitrogens is 1. The van der Waals surface area contributed by atoms with Crippen LogP contribution in [0, 0.1) is 17.6 Å². The number of carbonyl (C=O) groups is 1. The first-order valence-corrected chi connectivity index (χ1v) is 12.2. The molecule has 1 aromatic heterocycles. The number of anilines is 1. The van der Waals surface area contributed by atoms with E-state index in [4.69, 9.17) is 9.47 Å². The van der Waals surface area contributed by atoms with Gasteiger partial charge in [0.1, 0.15) is 23.1 Å². The normalized spacial score (nSPS) is 20.4. The maximum Gasteiger partial charge on any atom is 0.320 e. The zero-order chi connectivity index (χ0) is 24.0. The Morgan fingerprint density at radius 3 is 2.44 bits per heavy atom. The molecule has 176 valence electrons. The number of rotatable bonds is 5. The van der Waals surface area contributed by atoms with Crippen molar-refractivity contribution in [3.05, 3.63) is 71.9 Å². The Morgan fingerprint density at radius 2 is 1.76 bits per heavy atom. The van der Waals surface area contributed by atoms with E-state index in [1.807, 2.05) is 0 Å². The SMILES string of the molecule is CS(=O)(=O)c1ccc(Oc2ccc(NC(=O)N[C@@H]3[C@@H]4COc5c(F)ccc(F)c5[C@@H]43)nc2)cc1. The third-order valence-electron chi connectivity index (χ3n) is 5.78. The van der Waals surface area contributed by atoms with Gasteiger partial charge < -0.3 is 14.8 Å². The third kappa shape index (κ3) is 4.26. The quantitative estimate of drug-likeness (QED) is 0.566. The van der Waals surface area contributed by atoms with Crippen LogP contribution in [0.25, 0.3) is 0 Å². The van der Waals surface area contributed by atoms with Crippen molar-refractivity contribution in [2.24, 2.45) is 5.92 Å². The minimum absolute atomic E-state index is 0.0887. The number of amides is 2. The molecule has 0 unspecified atom stereocenters. The number of pyridine rings is 1. The Balaban J connectivity index is 1.18. The highest BCUT2D eigenvalue weighted by atomic mass is 32.2. The number of urea groups is 1. The molecule has 1 aliphatic heterocycles. The highest BCUT2D eigenvalue weighted by Gasteiger charge is 2.57. The van der Waals surface area contributed by atoms with Crippen LogP contribution in [0.3, 0.4) is 0 Å². The van der Waals surface area contributed by atoms with Gasteiger partial charge in [-0.1, -0.05) is 0 Å². The van der Waals surface area contributed by atoms with Crippen LogP contribution in [0.2, 0.25) is 0 Å². The van der Waals surface area contributed by atoms with E-state index >= 15 is 0 Å². The largest absolute Gasteiger partial charge is 0.490 e. The highest BCUT2D eigenvalue weighted by Crippen LogP contribution is 2.55. The van der Waals surface area contributed by atoms with Crippen LogP contribution in [0.5, 0.6) is 17.2 Å². The summed E-state index contributed by atoms with van der Waals surface area (Å²) < 4.78 is 62.2. The maximum absolute atomic E-state index is 14.2. The first-order chi connectivity index (χ1) is 16.2. The molecule has 11 heteroatoms. The Morgan fingerprint density at radius 1 is 1.06 bits per heavy atom. The molecule has 0 saturated heterocycles. The second-order valence-electron chi connectivity index (χ2n) is 8.12. The minimum Gasteiger partial charge on any atom is -0.490 e. The van der Waals surface area contributed by atoms with Crippen molar-refractivity contribution < 1.29 is 31.5 Å². The molecule has 8 nitrogen and oxygen atoms in total. The first kappa shape index (κ1) is 22.1. The van der Waals surface area contributed by atoms with Crippen LogP contribution in [0.15, 0.2) is 59.6 Å². The van der Waals surface area contributed by atoms with Crippen LogP contribution >= 0.6 is 0 Å². The fraction of sp³-hybridized carbons (Fsp3) is 0.217. The smallest absolute Gasteiger partial charge is 0.320 e. The lowest BCUT2D eigenvalue weighted by atomic mass is 10.0. The van der Waals surface area contributed by atoms with E-state index in [9.17, 15) is 22.0 Å². The Bertz CT molecular complexity index is 1360. The molecule has 0 radical (unpaired) electrons. The number of ether oxygens (including phenoxy) is 2. The van der Waals surface area contributed by atoms with Crippen LogP contribution in [-0.4, -0.2) is 38.3 Å². The molecule has 2 amide bonds. The third-order valence-corrected chi connectivity index (χ3v) is 6.91. The monoisotopic (exact) mass is 487 g/mol. The standard InChI is InChI=1S/C23H19F2N3O5S/c1-34(30,31)14-5-2-12(3-6-14)33-13-4-9-18(26-10-13)27-23(29)28-21-15-11-32-22-17(25)8-7-16(24)20(22)19(15)21/h2-10,15,19,21H,11H2,1H3,(H2,26,27,28,29)/t15-,19-,21-/m1/s1. The first-order valence-electron chi connectivity index (χ1n) is 10.3. The zero-order valence-corrected chi connectivity index (χ0v) is 18.6. The molecule has 2 heterocycles. The number of nitrogens with one attached hydrogen (secondary N) is 2. The number of sulfone groups is 1. The molecule has 2 N–H and O–H groups in total. The summed E-state index contributed by atoms with van der Waals surface area (Å²) in [4.78, 5) is 16.7. The van der Waals surface area contributed by atoms with E-state index in [0.29, 0.717) is 11.5 Å². The van der Waals surface area contributed by atoms with Gasteiger partial charge in [-0.15, -0.1) is 0 Å². The van der Waals surface area contributed by atoms with E-state index in [0.717, 1.165) is 18.4 Å². The molecule has 2 aromatic carbocycles. The molecule has 34 heavy (non-hydrogen) atoms. The number of fused-ring (bicyclic) bond motifs is 3. The van der Waals surface area contributed by atoms with Crippen molar-refractivity contribution in [2.75, 3.05) is 18.2 Å². The Kier molecular flexibility index (Phi) is 5.35. The number of nitrogens with zero attached hydrogens (tertiary/aromatic N) is 1. The average Bonchev–Trinajstić information content (AvgIpc) is 3.49. The van der Waals surface area contributed by atoms with Gasteiger partial charge in [0.25, 0.3) is 0 Å². The summed E-state index contributed by atoms with van der Waals surface area (Å²) in [6.45, 7) is 0.193. The van der Waals surface area contributed by atoms with Gasteiger partial charge >= 0.3 is 6.03 Å². The van der Waals surface area contributed by atoms with Crippen molar-refractivity contribution in [1.82, 2.24) is 10.3 Å². The summed E-state index contributed by atoms with van der Waals surface area (Å²) in [6.07, 6.45) is 2.52. The van der Waals surface area contributed by atoms with Gasteiger partial charge in [0, 0.05) is 29.7 Å². The fourth-order valence-electron chi connectivity index (χ4n) is 4.07. The van der Waals surface area contributed by atoms with E-state index < -0.39 is 27.5 Å². The number of carbonyl (C=O) groups excluding carboxylic acids is 1. The van der Waals surface area contributed by atoms with Gasteiger partial charge in [0.2, 0.25) is 0 Å². The van der Waals surface area contributed by atoms with Crippen LogP contribution in [0.4, 0.5) is 19.4 Å². The van der Waals surface area contributed by atoms with E-state index in [2.05, 4.69) is 15.6 Å². The van der Waals surface area contributed by atoms with Crippen LogP contribution in [0.1, 0.15) is 11.5 Å². The Labute approximate surface area is 193 Å². The van der Waals surface area contributed by atoms with Crippen molar-refractivity contribution in [2.45, 2.75) is 16.9 Å². The van der Waals surface area contributed by atoms with E-state index in [1.165, 1.54) is 36.5 Å². The molecule has 3 atom stereocenters. The molecule has 5 rings (SSSR count). The van der Waals surface area contributed by atoms with Gasteiger partial charge in [0.05, 0.1) is 17.7 Å². The van der Waals surface area contributed by atoms with E-state index in [1.54, 1.807) is 6.07 Å². The number of hydrogen-bond acceptors (Lipinski definition) is 6. The van der Waals surface area contributed by atoms with Crippen LogP contribution in [-0.2, 0) is 9.84 Å². The number of halogens is 2. The summed E-state index contributed by atoms with van der Waals surface area (Å²) in [5, 5.41) is 5.36. The van der Waals surface area contributed by atoms with Crippen molar-refractivity contribution in [1.29, 1.82) is 0 Å². The molecule has 1 aliphatic carbocycles. The summed E-state index contributed by atoms with van der Waals surface area (Å²) in [5.74, 6) is -0.672. The lowest BCUT2D eigenvalue weighted by Crippen LogP contribution is -2.32. The van der Waals surface area contributed by atoms with Crippen molar-refractivity contribution in [3.63, 3.8) is 0 Å². The van der Waals surface area contributed by atoms with Gasteiger partial charge in [0.15, 0.2) is 21.4 Å². The van der Waals surface area contributed by atoms with Crippen molar-refractivity contribution in [3.8, 4) is 17.2 Å². The Hall–Kier alpha value is -3.73. The predicted molar refractivity (Wildman–Crippen MR) is 118 cm³/mol. The second-order valence-corrected chi connectivity index (χ2v) is 10.1. The highest BCUT2D eigenvalue weighted by molar-refractivity contribution is 7.90.